The van der Waals surface area contributed by atoms with Gasteiger partial charge in [0, 0.05) is 16.3 Å². The largest absolute Gasteiger partial charge is 0.322 e. The summed E-state index contributed by atoms with van der Waals surface area (Å²) in [7, 11) is -3.77. The lowest BCUT2D eigenvalue weighted by Gasteiger charge is -2.12. The lowest BCUT2D eigenvalue weighted by molar-refractivity contribution is 0.102. The van der Waals surface area contributed by atoms with Gasteiger partial charge in [-0.15, -0.1) is 0 Å². The number of hydrogen-bond acceptors (Lipinski definition) is 3. The van der Waals surface area contributed by atoms with Crippen LogP contribution in [0.1, 0.15) is 15.9 Å². The number of carbonyl (C=O) groups is 1. The first-order valence-electron chi connectivity index (χ1n) is 8.11. The molecule has 27 heavy (non-hydrogen) atoms. The molecule has 138 valence electrons. The highest BCUT2D eigenvalue weighted by Crippen LogP contribution is 2.26. The molecule has 0 aliphatic carbocycles. The van der Waals surface area contributed by atoms with Crippen LogP contribution in [0, 0.1) is 6.92 Å². The van der Waals surface area contributed by atoms with Crippen LogP contribution < -0.4 is 10.0 Å². The van der Waals surface area contributed by atoms with E-state index in [1.807, 2.05) is 6.07 Å². The maximum atomic E-state index is 12.6. The Labute approximate surface area is 163 Å². The summed E-state index contributed by atoms with van der Waals surface area (Å²) in [4.78, 5) is 12.2. The van der Waals surface area contributed by atoms with Gasteiger partial charge in [0.25, 0.3) is 15.9 Å². The quantitative estimate of drug-likeness (QED) is 0.651. The Bertz CT molecular complexity index is 1070. The number of halogens is 1. The maximum absolute atomic E-state index is 12.6. The van der Waals surface area contributed by atoms with E-state index in [2.05, 4.69) is 10.0 Å². The third-order valence-electron chi connectivity index (χ3n) is 3.97. The molecular weight excluding hydrogens is 384 g/mol. The van der Waals surface area contributed by atoms with E-state index in [1.165, 1.54) is 12.1 Å². The van der Waals surface area contributed by atoms with Crippen LogP contribution in [0.25, 0.3) is 0 Å². The van der Waals surface area contributed by atoms with Gasteiger partial charge in [-0.05, 0) is 61.0 Å². The first-order chi connectivity index (χ1) is 12.9. The molecule has 3 aromatic carbocycles. The van der Waals surface area contributed by atoms with Gasteiger partial charge in [-0.3, -0.25) is 9.52 Å². The average molecular weight is 401 g/mol. The van der Waals surface area contributed by atoms with Crippen molar-refractivity contribution in [2.75, 3.05) is 10.0 Å². The fraction of sp³-hybridized carbons (Fsp3) is 0.0500. The minimum atomic E-state index is -3.77. The van der Waals surface area contributed by atoms with Crippen molar-refractivity contribution >= 4 is 38.9 Å². The van der Waals surface area contributed by atoms with Crippen LogP contribution in [-0.4, -0.2) is 14.3 Å². The number of benzene rings is 3. The van der Waals surface area contributed by atoms with Crippen molar-refractivity contribution in [1.82, 2.24) is 0 Å². The van der Waals surface area contributed by atoms with Gasteiger partial charge in [0.05, 0.1) is 10.6 Å². The summed E-state index contributed by atoms with van der Waals surface area (Å²) >= 11 is 6.03. The Hall–Kier alpha value is -2.83. The third-order valence-corrected chi connectivity index (χ3v) is 5.76. The van der Waals surface area contributed by atoms with Gasteiger partial charge in [-0.2, -0.15) is 0 Å². The summed E-state index contributed by atoms with van der Waals surface area (Å²) in [5, 5.41) is 3.21. The Morgan fingerprint density at radius 1 is 0.889 bits per heavy atom. The van der Waals surface area contributed by atoms with Gasteiger partial charge in [0.15, 0.2) is 0 Å². The summed E-state index contributed by atoms with van der Waals surface area (Å²) in [6.07, 6.45) is 0. The van der Waals surface area contributed by atoms with E-state index in [1.54, 1.807) is 61.5 Å². The zero-order valence-corrected chi connectivity index (χ0v) is 16.0. The highest BCUT2D eigenvalue weighted by atomic mass is 35.5. The van der Waals surface area contributed by atoms with Crippen molar-refractivity contribution in [3.05, 3.63) is 88.9 Å². The first-order valence-corrected chi connectivity index (χ1v) is 9.97. The molecule has 0 atom stereocenters. The van der Waals surface area contributed by atoms with Crippen molar-refractivity contribution in [3.8, 4) is 0 Å². The van der Waals surface area contributed by atoms with Crippen LogP contribution in [0.4, 0.5) is 11.4 Å². The second-order valence-electron chi connectivity index (χ2n) is 5.86. The van der Waals surface area contributed by atoms with E-state index < -0.39 is 10.0 Å². The Kier molecular flexibility index (Phi) is 5.48. The molecule has 0 aromatic heterocycles. The normalized spacial score (nSPS) is 11.0. The molecule has 1 amide bonds. The first kappa shape index (κ1) is 18.9. The second kappa shape index (κ2) is 7.82. The van der Waals surface area contributed by atoms with Gasteiger partial charge in [0.1, 0.15) is 0 Å². The highest BCUT2D eigenvalue weighted by molar-refractivity contribution is 7.92. The monoisotopic (exact) mass is 400 g/mol. The van der Waals surface area contributed by atoms with E-state index in [0.29, 0.717) is 27.5 Å². The number of rotatable bonds is 5. The maximum Gasteiger partial charge on any atom is 0.261 e. The van der Waals surface area contributed by atoms with E-state index >= 15 is 0 Å². The molecular formula is C20H17ClN2O3S. The lowest BCUT2D eigenvalue weighted by atomic mass is 10.2. The molecule has 0 saturated heterocycles. The average Bonchev–Trinajstić information content (AvgIpc) is 2.66. The summed E-state index contributed by atoms with van der Waals surface area (Å²) in [5.41, 5.74) is 2.09. The summed E-state index contributed by atoms with van der Waals surface area (Å²) in [6.45, 7) is 1.74. The van der Waals surface area contributed by atoms with Crippen molar-refractivity contribution in [2.24, 2.45) is 0 Å². The SMILES string of the molecule is Cc1c(Cl)cccc1NS(=O)(=O)c1ccc(NC(=O)c2ccccc2)cc1. The molecule has 0 aliphatic heterocycles. The van der Waals surface area contributed by atoms with E-state index in [9.17, 15) is 13.2 Å². The summed E-state index contributed by atoms with van der Waals surface area (Å²) in [5.74, 6) is -0.265. The molecule has 2 N–H and O–H groups in total. The highest BCUT2D eigenvalue weighted by Gasteiger charge is 2.16. The topological polar surface area (TPSA) is 75.3 Å². The van der Waals surface area contributed by atoms with Crippen molar-refractivity contribution in [2.45, 2.75) is 11.8 Å². The van der Waals surface area contributed by atoms with Crippen molar-refractivity contribution in [1.29, 1.82) is 0 Å². The molecule has 0 saturated carbocycles. The number of nitrogens with one attached hydrogen (secondary N) is 2. The minimum Gasteiger partial charge on any atom is -0.322 e. The number of anilines is 2. The van der Waals surface area contributed by atoms with Gasteiger partial charge < -0.3 is 5.32 Å². The lowest BCUT2D eigenvalue weighted by Crippen LogP contribution is -2.14. The molecule has 0 spiro atoms. The van der Waals surface area contributed by atoms with Gasteiger partial charge in [-0.1, -0.05) is 35.9 Å². The third kappa shape index (κ3) is 4.48. The van der Waals surface area contributed by atoms with Crippen LogP contribution >= 0.6 is 11.6 Å². The van der Waals surface area contributed by atoms with Gasteiger partial charge in [-0.25, -0.2) is 8.42 Å². The number of hydrogen-bond donors (Lipinski definition) is 2. The molecule has 5 nitrogen and oxygen atoms in total. The summed E-state index contributed by atoms with van der Waals surface area (Å²) < 4.78 is 27.7. The van der Waals surface area contributed by atoms with E-state index in [4.69, 9.17) is 11.6 Å². The van der Waals surface area contributed by atoms with Crippen molar-refractivity contribution in [3.63, 3.8) is 0 Å². The molecule has 0 heterocycles. The van der Waals surface area contributed by atoms with Crippen LogP contribution in [0.3, 0.4) is 0 Å². The molecule has 0 radical (unpaired) electrons. The molecule has 0 unspecified atom stereocenters. The molecule has 3 rings (SSSR count). The molecule has 3 aromatic rings. The fourth-order valence-electron chi connectivity index (χ4n) is 2.43. The summed E-state index contributed by atoms with van der Waals surface area (Å²) in [6, 6.07) is 19.7. The Morgan fingerprint density at radius 3 is 2.22 bits per heavy atom. The minimum absolute atomic E-state index is 0.0829. The smallest absolute Gasteiger partial charge is 0.261 e. The van der Waals surface area contributed by atoms with Gasteiger partial charge in [0.2, 0.25) is 0 Å². The number of sulfonamides is 1. The van der Waals surface area contributed by atoms with Crippen LogP contribution in [0.2, 0.25) is 5.02 Å². The molecule has 0 fully saturated rings. The Balaban J connectivity index is 1.76. The predicted octanol–water partition coefficient (Wildman–Crippen LogP) is 4.70. The number of carbonyl (C=O) groups excluding carboxylic acids is 1. The molecule has 0 aliphatic rings. The zero-order valence-electron chi connectivity index (χ0n) is 14.4. The predicted molar refractivity (Wildman–Crippen MR) is 108 cm³/mol. The molecule has 0 bridgehead atoms. The van der Waals surface area contributed by atoms with Gasteiger partial charge >= 0.3 is 0 Å². The fourth-order valence-corrected chi connectivity index (χ4v) is 3.73. The zero-order chi connectivity index (χ0) is 19.4. The molecule has 7 heteroatoms. The number of amides is 1. The second-order valence-corrected chi connectivity index (χ2v) is 7.95. The van der Waals surface area contributed by atoms with E-state index in [0.717, 1.165) is 0 Å². The van der Waals surface area contributed by atoms with Crippen molar-refractivity contribution < 1.29 is 13.2 Å². The van der Waals surface area contributed by atoms with Crippen LogP contribution in [0.5, 0.6) is 0 Å². The standard InChI is InChI=1S/C20H17ClN2O3S/c1-14-18(21)8-5-9-19(14)23-27(25,26)17-12-10-16(11-13-17)22-20(24)15-6-3-2-4-7-15/h2-13,23H,1H3,(H,22,24). The van der Waals surface area contributed by atoms with Crippen LogP contribution in [0.15, 0.2) is 77.7 Å². The Morgan fingerprint density at radius 2 is 1.56 bits per heavy atom. The van der Waals surface area contributed by atoms with E-state index in [-0.39, 0.29) is 10.8 Å². The van der Waals surface area contributed by atoms with Crippen LogP contribution in [-0.2, 0) is 10.0 Å².